The van der Waals surface area contributed by atoms with Crippen molar-refractivity contribution in [1.29, 1.82) is 0 Å². The Kier molecular flexibility index (Phi) is 5.34. The number of benzene rings is 1. The molecule has 0 aliphatic rings. The normalized spacial score (nSPS) is 13.6. The molecule has 2 N–H and O–H groups in total. The van der Waals surface area contributed by atoms with E-state index in [0.717, 1.165) is 11.1 Å². The maximum Gasteiger partial charge on any atom is 0.351 e. The van der Waals surface area contributed by atoms with Gasteiger partial charge in [0.25, 0.3) is 0 Å². The Morgan fingerprint density at radius 3 is 2.06 bits per heavy atom. The Bertz CT molecular complexity index is 381. The number of aryl methyl sites for hydroxylation is 1. The van der Waals surface area contributed by atoms with Crippen LogP contribution in [-0.2, 0) is 13.6 Å². The highest BCUT2D eigenvalue weighted by Gasteiger charge is 2.33. The molecular weight excluding hydrogens is 237 g/mol. The fraction of sp³-hybridized carbons (Fsp3) is 0.500. The highest BCUT2D eigenvalue weighted by molar-refractivity contribution is 7.54. The van der Waals surface area contributed by atoms with Crippen molar-refractivity contribution in [2.45, 2.75) is 26.6 Å². The Morgan fingerprint density at radius 1 is 1.18 bits per heavy atom. The largest absolute Gasteiger partial charge is 0.351 e. The molecule has 0 fully saturated rings. The summed E-state index contributed by atoms with van der Waals surface area (Å²) in [7, 11) is -3.27. The van der Waals surface area contributed by atoms with Crippen LogP contribution in [0.15, 0.2) is 24.3 Å². The molecule has 0 saturated carbocycles. The molecule has 1 aromatic carbocycles. The van der Waals surface area contributed by atoms with Crippen molar-refractivity contribution >= 4 is 7.60 Å². The topological polar surface area (TPSA) is 61.5 Å². The highest BCUT2D eigenvalue weighted by atomic mass is 31.2. The summed E-state index contributed by atoms with van der Waals surface area (Å²) >= 11 is 0. The first kappa shape index (κ1) is 14.4. The molecule has 0 bridgehead atoms. The number of hydrogen-bond donors (Lipinski definition) is 1. The zero-order valence-corrected chi connectivity index (χ0v) is 11.4. The van der Waals surface area contributed by atoms with E-state index in [1.165, 1.54) is 0 Å². The maximum absolute atomic E-state index is 12.4. The van der Waals surface area contributed by atoms with Gasteiger partial charge in [0.2, 0.25) is 0 Å². The van der Waals surface area contributed by atoms with Crippen molar-refractivity contribution in [2.75, 3.05) is 13.2 Å². The van der Waals surface area contributed by atoms with E-state index in [4.69, 9.17) is 14.8 Å². The molecule has 1 atom stereocenters. The van der Waals surface area contributed by atoms with Crippen LogP contribution < -0.4 is 5.73 Å². The fourth-order valence-electron chi connectivity index (χ4n) is 1.50. The van der Waals surface area contributed by atoms with E-state index in [1.807, 2.05) is 31.2 Å². The Hall–Kier alpha value is -0.670. The quantitative estimate of drug-likeness (QED) is 0.795. The van der Waals surface area contributed by atoms with Gasteiger partial charge >= 0.3 is 7.60 Å². The van der Waals surface area contributed by atoms with Crippen LogP contribution in [0.4, 0.5) is 0 Å². The molecule has 0 heterocycles. The van der Waals surface area contributed by atoms with E-state index >= 15 is 0 Å². The van der Waals surface area contributed by atoms with Crippen LogP contribution in [0.1, 0.15) is 30.8 Å². The lowest BCUT2D eigenvalue weighted by molar-refractivity contribution is 0.212. The number of rotatable bonds is 6. The van der Waals surface area contributed by atoms with Crippen molar-refractivity contribution in [3.05, 3.63) is 35.4 Å². The molecule has 1 aromatic rings. The van der Waals surface area contributed by atoms with Gasteiger partial charge in [0.05, 0.1) is 13.2 Å². The Balaban J connectivity index is 2.95. The Morgan fingerprint density at radius 2 is 1.65 bits per heavy atom. The van der Waals surface area contributed by atoms with Crippen molar-refractivity contribution < 1.29 is 13.6 Å². The van der Waals surface area contributed by atoms with Crippen molar-refractivity contribution in [1.82, 2.24) is 0 Å². The second kappa shape index (κ2) is 6.31. The second-order valence-electron chi connectivity index (χ2n) is 3.73. The first-order valence-corrected chi connectivity index (χ1v) is 7.35. The fourth-order valence-corrected chi connectivity index (χ4v) is 3.16. The van der Waals surface area contributed by atoms with Crippen LogP contribution in [-0.4, -0.2) is 13.2 Å². The summed E-state index contributed by atoms with van der Waals surface area (Å²) in [4.78, 5) is 0. The third-order valence-corrected chi connectivity index (χ3v) is 4.59. The molecule has 0 spiro atoms. The van der Waals surface area contributed by atoms with Gasteiger partial charge in [0.1, 0.15) is 5.78 Å². The van der Waals surface area contributed by atoms with E-state index in [9.17, 15) is 4.57 Å². The maximum atomic E-state index is 12.4. The lowest BCUT2D eigenvalue weighted by atomic mass is 10.1. The summed E-state index contributed by atoms with van der Waals surface area (Å²) in [6.07, 6.45) is 0. The molecule has 1 rings (SSSR count). The third-order valence-electron chi connectivity index (χ3n) is 2.38. The molecule has 0 aliphatic heterocycles. The van der Waals surface area contributed by atoms with Gasteiger partial charge in [-0.15, -0.1) is 0 Å². The molecule has 96 valence electrons. The van der Waals surface area contributed by atoms with Gasteiger partial charge in [-0.25, -0.2) is 0 Å². The Labute approximate surface area is 103 Å². The van der Waals surface area contributed by atoms with Crippen molar-refractivity contribution in [2.24, 2.45) is 5.73 Å². The molecule has 0 radical (unpaired) electrons. The van der Waals surface area contributed by atoms with Gasteiger partial charge in [-0.05, 0) is 26.3 Å². The lowest BCUT2D eigenvalue weighted by Gasteiger charge is -2.23. The summed E-state index contributed by atoms with van der Waals surface area (Å²) in [6.45, 7) is 6.16. The minimum Gasteiger partial charge on any atom is -0.314 e. The molecular formula is C12H20NO3P. The van der Waals surface area contributed by atoms with E-state index < -0.39 is 13.4 Å². The van der Waals surface area contributed by atoms with E-state index in [0.29, 0.717) is 13.2 Å². The minimum atomic E-state index is -3.27. The lowest BCUT2D eigenvalue weighted by Crippen LogP contribution is -2.15. The molecule has 0 saturated heterocycles. The first-order valence-electron chi connectivity index (χ1n) is 5.74. The predicted molar refractivity (Wildman–Crippen MR) is 69.0 cm³/mol. The van der Waals surface area contributed by atoms with Gasteiger partial charge in [-0.3, -0.25) is 4.57 Å². The van der Waals surface area contributed by atoms with E-state index in [2.05, 4.69) is 0 Å². The molecule has 17 heavy (non-hydrogen) atoms. The highest BCUT2D eigenvalue weighted by Crippen LogP contribution is 2.58. The van der Waals surface area contributed by atoms with Gasteiger partial charge in [-0.2, -0.15) is 0 Å². The number of hydrogen-bond acceptors (Lipinski definition) is 4. The summed E-state index contributed by atoms with van der Waals surface area (Å²) in [5, 5.41) is 0. The summed E-state index contributed by atoms with van der Waals surface area (Å²) < 4.78 is 22.9. The van der Waals surface area contributed by atoms with Gasteiger partial charge in [-0.1, -0.05) is 29.8 Å². The van der Waals surface area contributed by atoms with Crippen LogP contribution in [0.2, 0.25) is 0 Å². The molecule has 0 unspecified atom stereocenters. The monoisotopic (exact) mass is 257 g/mol. The minimum absolute atomic E-state index is 0.316. The number of nitrogens with two attached hydrogens (primary N) is 1. The summed E-state index contributed by atoms with van der Waals surface area (Å²) in [5.41, 5.74) is 7.88. The molecule has 4 nitrogen and oxygen atoms in total. The molecule has 0 aliphatic carbocycles. The van der Waals surface area contributed by atoms with Gasteiger partial charge in [0, 0.05) is 0 Å². The van der Waals surface area contributed by atoms with Crippen LogP contribution in [0.25, 0.3) is 0 Å². The molecule has 0 amide bonds. The SMILES string of the molecule is CCOP(=O)(OCC)[C@H](N)c1ccc(C)cc1. The van der Waals surface area contributed by atoms with Crippen LogP contribution in [0, 0.1) is 6.92 Å². The predicted octanol–water partition coefficient (Wildman–Crippen LogP) is 3.22. The van der Waals surface area contributed by atoms with Crippen LogP contribution in [0.5, 0.6) is 0 Å². The summed E-state index contributed by atoms with van der Waals surface area (Å²) in [6, 6.07) is 7.56. The smallest absolute Gasteiger partial charge is 0.314 e. The second-order valence-corrected chi connectivity index (χ2v) is 5.88. The zero-order valence-electron chi connectivity index (χ0n) is 10.6. The van der Waals surface area contributed by atoms with E-state index in [1.54, 1.807) is 13.8 Å². The standard InChI is InChI=1S/C12H20NO3P/c1-4-15-17(14,16-5-2)12(13)11-8-6-10(3)7-9-11/h6-9,12H,4-5,13H2,1-3H3/t12-/m0/s1. The molecule has 5 heteroatoms. The average molecular weight is 257 g/mol. The van der Waals surface area contributed by atoms with Gasteiger partial charge in [0.15, 0.2) is 0 Å². The first-order chi connectivity index (χ1) is 8.03. The average Bonchev–Trinajstić information content (AvgIpc) is 2.30. The third kappa shape index (κ3) is 3.65. The van der Waals surface area contributed by atoms with Crippen LogP contribution >= 0.6 is 7.60 Å². The van der Waals surface area contributed by atoms with Crippen molar-refractivity contribution in [3.63, 3.8) is 0 Å². The summed E-state index contributed by atoms with van der Waals surface area (Å²) in [5.74, 6) is -0.733. The zero-order chi connectivity index (χ0) is 12.9. The van der Waals surface area contributed by atoms with Gasteiger partial charge < -0.3 is 14.8 Å². The van der Waals surface area contributed by atoms with Crippen LogP contribution in [0.3, 0.4) is 0 Å². The molecule has 0 aromatic heterocycles. The van der Waals surface area contributed by atoms with E-state index in [-0.39, 0.29) is 0 Å². The van der Waals surface area contributed by atoms with Crippen molar-refractivity contribution in [3.8, 4) is 0 Å².